The molecule has 1 saturated carbocycles. The number of halogens is 1. The van der Waals surface area contributed by atoms with Crippen molar-refractivity contribution in [1.82, 2.24) is 10.6 Å². The van der Waals surface area contributed by atoms with Crippen molar-refractivity contribution in [1.29, 1.82) is 0 Å². The van der Waals surface area contributed by atoms with Crippen LogP contribution in [0.15, 0.2) is 18.2 Å². The van der Waals surface area contributed by atoms with E-state index in [9.17, 15) is 4.79 Å². The fourth-order valence-corrected chi connectivity index (χ4v) is 2.95. The number of hydrogen-bond acceptors (Lipinski definition) is 2. The maximum Gasteiger partial charge on any atom is 0.251 e. The van der Waals surface area contributed by atoms with Gasteiger partial charge in [-0.2, -0.15) is 0 Å². The van der Waals surface area contributed by atoms with Crippen LogP contribution in [-0.4, -0.2) is 25.0 Å². The van der Waals surface area contributed by atoms with E-state index in [1.54, 1.807) is 6.07 Å². The normalized spacial score (nSPS) is 16.5. The molecule has 0 unspecified atom stereocenters. The molecule has 1 aromatic carbocycles. The molecular weight excluding hydrogens is 284 g/mol. The number of benzene rings is 1. The summed E-state index contributed by atoms with van der Waals surface area (Å²) in [7, 11) is 0. The maximum absolute atomic E-state index is 12.0. The van der Waals surface area contributed by atoms with Gasteiger partial charge in [-0.05, 0) is 37.5 Å². The fraction of sp³-hybridized carbons (Fsp3) is 0.588. The van der Waals surface area contributed by atoms with E-state index < -0.39 is 0 Å². The minimum atomic E-state index is -0.0560. The van der Waals surface area contributed by atoms with Crippen LogP contribution in [0.3, 0.4) is 0 Å². The van der Waals surface area contributed by atoms with E-state index in [0.717, 1.165) is 12.1 Å². The highest BCUT2D eigenvalue weighted by molar-refractivity contribution is 6.31. The van der Waals surface area contributed by atoms with Gasteiger partial charge in [0, 0.05) is 29.7 Å². The van der Waals surface area contributed by atoms with Crippen molar-refractivity contribution in [2.75, 3.05) is 13.1 Å². The van der Waals surface area contributed by atoms with Gasteiger partial charge in [-0.1, -0.05) is 43.4 Å². The summed E-state index contributed by atoms with van der Waals surface area (Å²) in [5.41, 5.74) is 1.61. The molecule has 0 heterocycles. The highest BCUT2D eigenvalue weighted by atomic mass is 35.5. The molecular formula is C17H25ClN2O. The minimum Gasteiger partial charge on any atom is -0.351 e. The highest BCUT2D eigenvalue weighted by Crippen LogP contribution is 2.17. The van der Waals surface area contributed by atoms with Crippen LogP contribution in [-0.2, 0) is 0 Å². The van der Waals surface area contributed by atoms with Gasteiger partial charge in [-0.3, -0.25) is 4.79 Å². The molecule has 1 aliphatic rings. The molecule has 2 rings (SSSR count). The van der Waals surface area contributed by atoms with Crippen molar-refractivity contribution < 1.29 is 4.79 Å². The molecule has 1 amide bonds. The number of carbonyl (C=O) groups excluding carboxylic acids is 1. The first kappa shape index (κ1) is 16.3. The van der Waals surface area contributed by atoms with Crippen LogP contribution in [0.5, 0.6) is 0 Å². The van der Waals surface area contributed by atoms with Crippen molar-refractivity contribution in [2.45, 2.75) is 51.5 Å². The third-order valence-corrected chi connectivity index (χ3v) is 4.54. The molecule has 1 aliphatic carbocycles. The Morgan fingerprint density at radius 2 is 1.90 bits per heavy atom. The Bertz CT molecular complexity index is 468. The Morgan fingerprint density at radius 3 is 2.57 bits per heavy atom. The molecule has 0 radical (unpaired) electrons. The molecule has 0 saturated heterocycles. The molecule has 116 valence electrons. The van der Waals surface area contributed by atoms with Crippen molar-refractivity contribution in [2.24, 2.45) is 0 Å². The summed E-state index contributed by atoms with van der Waals surface area (Å²) in [6, 6.07) is 6.04. The molecule has 21 heavy (non-hydrogen) atoms. The predicted octanol–water partition coefficient (Wildman–Crippen LogP) is 3.69. The van der Waals surface area contributed by atoms with E-state index in [1.807, 2.05) is 19.1 Å². The average molecular weight is 309 g/mol. The monoisotopic (exact) mass is 308 g/mol. The molecule has 1 fully saturated rings. The SMILES string of the molecule is Cc1ccc(C(=O)NCCNC2CCCCCC2)cc1Cl. The number of hydrogen-bond donors (Lipinski definition) is 2. The zero-order valence-electron chi connectivity index (χ0n) is 12.8. The number of aryl methyl sites for hydroxylation is 1. The van der Waals surface area contributed by atoms with Gasteiger partial charge in [0.2, 0.25) is 0 Å². The van der Waals surface area contributed by atoms with Crippen LogP contribution in [0.25, 0.3) is 0 Å². The summed E-state index contributed by atoms with van der Waals surface area (Å²) in [5, 5.41) is 7.13. The van der Waals surface area contributed by atoms with E-state index in [-0.39, 0.29) is 5.91 Å². The molecule has 0 bridgehead atoms. The number of carbonyl (C=O) groups is 1. The van der Waals surface area contributed by atoms with E-state index in [2.05, 4.69) is 10.6 Å². The van der Waals surface area contributed by atoms with Gasteiger partial charge in [0.15, 0.2) is 0 Å². The van der Waals surface area contributed by atoms with Gasteiger partial charge in [0.05, 0.1) is 0 Å². The molecule has 0 spiro atoms. The molecule has 0 aromatic heterocycles. The van der Waals surface area contributed by atoms with E-state index in [1.165, 1.54) is 38.5 Å². The van der Waals surface area contributed by atoms with Crippen LogP contribution in [0.2, 0.25) is 5.02 Å². The predicted molar refractivity (Wildman–Crippen MR) is 88.0 cm³/mol. The Morgan fingerprint density at radius 1 is 1.19 bits per heavy atom. The molecule has 0 atom stereocenters. The summed E-state index contributed by atoms with van der Waals surface area (Å²) in [6.45, 7) is 3.41. The first-order valence-electron chi connectivity index (χ1n) is 7.94. The van der Waals surface area contributed by atoms with Crippen molar-refractivity contribution in [3.63, 3.8) is 0 Å². The zero-order valence-corrected chi connectivity index (χ0v) is 13.5. The summed E-state index contributed by atoms with van der Waals surface area (Å²) in [6.07, 6.45) is 7.91. The Labute approximate surface area is 132 Å². The lowest BCUT2D eigenvalue weighted by Crippen LogP contribution is -2.36. The number of amides is 1. The topological polar surface area (TPSA) is 41.1 Å². The van der Waals surface area contributed by atoms with Crippen molar-refractivity contribution >= 4 is 17.5 Å². The molecule has 4 heteroatoms. The Kier molecular flexibility index (Phi) is 6.52. The lowest BCUT2D eigenvalue weighted by molar-refractivity contribution is 0.0953. The lowest BCUT2D eigenvalue weighted by atomic mass is 10.1. The summed E-state index contributed by atoms with van der Waals surface area (Å²) in [5.74, 6) is -0.0560. The van der Waals surface area contributed by atoms with Crippen LogP contribution in [0.4, 0.5) is 0 Å². The fourth-order valence-electron chi connectivity index (χ4n) is 2.77. The standard InChI is InChI=1S/C17H25ClN2O/c1-13-8-9-14(12-16(13)18)17(21)20-11-10-19-15-6-4-2-3-5-7-15/h8-9,12,15,19H,2-7,10-11H2,1H3,(H,20,21). The van der Waals surface area contributed by atoms with E-state index >= 15 is 0 Å². The number of rotatable bonds is 5. The van der Waals surface area contributed by atoms with Gasteiger partial charge in [-0.25, -0.2) is 0 Å². The van der Waals surface area contributed by atoms with Gasteiger partial charge in [0.25, 0.3) is 5.91 Å². The molecule has 0 aliphatic heterocycles. The van der Waals surface area contributed by atoms with E-state index in [0.29, 0.717) is 23.2 Å². The van der Waals surface area contributed by atoms with Crippen LogP contribution >= 0.6 is 11.6 Å². The Balaban J connectivity index is 1.70. The van der Waals surface area contributed by atoms with Gasteiger partial charge < -0.3 is 10.6 Å². The quantitative estimate of drug-likeness (QED) is 0.643. The largest absolute Gasteiger partial charge is 0.351 e. The van der Waals surface area contributed by atoms with Gasteiger partial charge in [-0.15, -0.1) is 0 Å². The van der Waals surface area contributed by atoms with Crippen LogP contribution in [0, 0.1) is 6.92 Å². The van der Waals surface area contributed by atoms with Crippen LogP contribution < -0.4 is 10.6 Å². The van der Waals surface area contributed by atoms with Crippen LogP contribution in [0.1, 0.15) is 54.4 Å². The Hall–Kier alpha value is -1.06. The third kappa shape index (κ3) is 5.33. The highest BCUT2D eigenvalue weighted by Gasteiger charge is 2.11. The zero-order chi connectivity index (χ0) is 15.1. The second-order valence-electron chi connectivity index (χ2n) is 5.86. The molecule has 2 N–H and O–H groups in total. The maximum atomic E-state index is 12.0. The van der Waals surface area contributed by atoms with Crippen molar-refractivity contribution in [3.8, 4) is 0 Å². The second kappa shape index (κ2) is 8.40. The lowest BCUT2D eigenvalue weighted by Gasteiger charge is -2.16. The summed E-state index contributed by atoms with van der Waals surface area (Å²) < 4.78 is 0. The van der Waals surface area contributed by atoms with Gasteiger partial charge >= 0.3 is 0 Å². The number of nitrogens with one attached hydrogen (secondary N) is 2. The third-order valence-electron chi connectivity index (χ3n) is 4.13. The smallest absolute Gasteiger partial charge is 0.251 e. The summed E-state index contributed by atoms with van der Waals surface area (Å²) >= 11 is 6.04. The van der Waals surface area contributed by atoms with Crippen molar-refractivity contribution in [3.05, 3.63) is 34.3 Å². The minimum absolute atomic E-state index is 0.0560. The van der Waals surface area contributed by atoms with E-state index in [4.69, 9.17) is 11.6 Å². The first-order valence-corrected chi connectivity index (χ1v) is 8.32. The van der Waals surface area contributed by atoms with Gasteiger partial charge in [0.1, 0.15) is 0 Å². The molecule has 3 nitrogen and oxygen atoms in total. The second-order valence-corrected chi connectivity index (χ2v) is 6.27. The first-order chi connectivity index (χ1) is 10.2. The molecule has 1 aromatic rings. The summed E-state index contributed by atoms with van der Waals surface area (Å²) in [4.78, 5) is 12.0. The average Bonchev–Trinajstić information content (AvgIpc) is 2.75.